The van der Waals surface area contributed by atoms with Gasteiger partial charge >= 0.3 is 0 Å². The molecule has 0 bridgehead atoms. The van der Waals surface area contributed by atoms with Crippen LogP contribution in [-0.2, 0) is 22.6 Å². The van der Waals surface area contributed by atoms with E-state index in [9.17, 15) is 29.7 Å². The lowest BCUT2D eigenvalue weighted by atomic mass is 9.60. The molecule has 2 aromatic carbocycles. The smallest absolute Gasteiger partial charge is 0.255 e. The van der Waals surface area contributed by atoms with Crippen LogP contribution in [0.3, 0.4) is 0 Å². The molecule has 0 aromatic heterocycles. The molecule has 1 amide bonds. The number of carbonyl (C=O) groups is 3. The standard InChI is InChI=1S/C31H33N3O6/c1-34(2)26-20-12-16-11-19-18(15-5-3-4-14(10-15)13-33-17-6-7-17)8-9-21(35)23(19)27(36)22(16)28(37)24(20)29(38)25(30(26)39)31(32)40/h3-5,8-10,16-17,20,24,26,33,35,37,39H,6-7,11-13H2,1-2H3,(H2,32,40)/t16?,20?,24?,26-/m0/s1. The van der Waals surface area contributed by atoms with Gasteiger partial charge < -0.3 is 26.4 Å². The SMILES string of the molecule is CN(C)[C@@H]1C(O)=C(C(N)=O)C(=O)C2C(O)=C3C(=O)c4c(O)ccc(-c5cccc(CNC6CC6)c5)c4CC3CC21. The summed E-state index contributed by atoms with van der Waals surface area (Å²) in [6.45, 7) is 0.744. The number of Topliss-reactive ketones (excluding diaryl/α,β-unsaturated/α-hetero) is 2. The van der Waals surface area contributed by atoms with Crippen LogP contribution in [0.25, 0.3) is 11.1 Å². The van der Waals surface area contributed by atoms with E-state index in [1.165, 1.54) is 18.9 Å². The van der Waals surface area contributed by atoms with E-state index in [-0.39, 0.29) is 16.9 Å². The molecule has 0 radical (unpaired) electrons. The Hall–Kier alpha value is -3.95. The molecule has 2 aromatic rings. The lowest BCUT2D eigenvalue weighted by molar-refractivity contribution is -0.127. The molecule has 0 saturated heterocycles. The average molecular weight is 544 g/mol. The van der Waals surface area contributed by atoms with E-state index in [4.69, 9.17) is 5.73 Å². The van der Waals surface area contributed by atoms with Crippen LogP contribution in [-0.4, -0.2) is 63.9 Å². The lowest BCUT2D eigenvalue weighted by Gasteiger charge is -2.46. The molecule has 0 aliphatic heterocycles. The normalized spacial score (nSPS) is 26.1. The summed E-state index contributed by atoms with van der Waals surface area (Å²) in [6.07, 6.45) is 3.06. The number of carbonyl (C=O) groups excluding carboxylic acids is 3. The second kappa shape index (κ2) is 9.60. The van der Waals surface area contributed by atoms with Gasteiger partial charge in [-0.1, -0.05) is 24.3 Å². The van der Waals surface area contributed by atoms with E-state index >= 15 is 0 Å². The summed E-state index contributed by atoms with van der Waals surface area (Å²) in [7, 11) is 3.43. The molecule has 9 nitrogen and oxygen atoms in total. The second-order valence-corrected chi connectivity index (χ2v) is 11.6. The topological polar surface area (TPSA) is 153 Å². The molecular weight excluding hydrogens is 510 g/mol. The van der Waals surface area contributed by atoms with Crippen molar-refractivity contribution in [3.8, 4) is 16.9 Å². The van der Waals surface area contributed by atoms with Gasteiger partial charge in [0.15, 0.2) is 11.6 Å². The molecule has 0 heterocycles. The molecular formula is C31H33N3O6. The number of benzene rings is 2. The predicted molar refractivity (Wildman–Crippen MR) is 148 cm³/mol. The van der Waals surface area contributed by atoms with Crippen LogP contribution in [0.5, 0.6) is 5.75 Å². The largest absolute Gasteiger partial charge is 0.511 e. The number of allylic oxidation sites excluding steroid dienone is 2. The number of likely N-dealkylation sites (N-methyl/N-ethyl adjacent to an activating group) is 1. The van der Waals surface area contributed by atoms with Gasteiger partial charge in [-0.25, -0.2) is 0 Å². The highest BCUT2D eigenvalue weighted by Crippen LogP contribution is 2.51. The number of hydrogen-bond donors (Lipinski definition) is 5. The van der Waals surface area contributed by atoms with Crippen molar-refractivity contribution < 1.29 is 29.7 Å². The van der Waals surface area contributed by atoms with E-state index in [1.807, 2.05) is 18.2 Å². The number of amides is 1. The maximum atomic E-state index is 13.9. The van der Waals surface area contributed by atoms with Crippen molar-refractivity contribution in [3.63, 3.8) is 0 Å². The zero-order valence-corrected chi connectivity index (χ0v) is 22.5. The number of hydrogen-bond acceptors (Lipinski definition) is 8. The van der Waals surface area contributed by atoms with Gasteiger partial charge in [0, 0.05) is 18.2 Å². The van der Waals surface area contributed by atoms with E-state index in [0.717, 1.165) is 23.2 Å². The summed E-state index contributed by atoms with van der Waals surface area (Å²) in [5, 5.41) is 36.7. The molecule has 1 saturated carbocycles. The fourth-order valence-electron chi connectivity index (χ4n) is 6.94. The van der Waals surface area contributed by atoms with Crippen LogP contribution in [0.15, 0.2) is 59.1 Å². The summed E-state index contributed by atoms with van der Waals surface area (Å²) in [4.78, 5) is 41.1. The summed E-state index contributed by atoms with van der Waals surface area (Å²) in [5.41, 5.74) is 8.67. The van der Waals surface area contributed by atoms with Gasteiger partial charge in [0.25, 0.3) is 5.91 Å². The van der Waals surface area contributed by atoms with Gasteiger partial charge in [-0.05, 0) is 86.0 Å². The number of phenols is 1. The van der Waals surface area contributed by atoms with Crippen LogP contribution in [0.2, 0.25) is 0 Å². The Morgan fingerprint density at radius 1 is 1.07 bits per heavy atom. The molecule has 40 heavy (non-hydrogen) atoms. The minimum atomic E-state index is -1.19. The lowest BCUT2D eigenvalue weighted by Crippen LogP contribution is -2.53. The molecule has 208 valence electrons. The van der Waals surface area contributed by atoms with Crippen LogP contribution >= 0.6 is 0 Å². The second-order valence-electron chi connectivity index (χ2n) is 11.6. The van der Waals surface area contributed by atoms with Crippen molar-refractivity contribution in [2.45, 2.75) is 44.3 Å². The first-order chi connectivity index (χ1) is 19.1. The van der Waals surface area contributed by atoms with Gasteiger partial charge in [-0.3, -0.25) is 19.3 Å². The van der Waals surface area contributed by atoms with Crippen LogP contribution in [0.1, 0.15) is 40.7 Å². The number of rotatable bonds is 6. The van der Waals surface area contributed by atoms with Crippen molar-refractivity contribution in [1.29, 1.82) is 0 Å². The number of nitrogens with one attached hydrogen (secondary N) is 1. The third-order valence-electron chi connectivity index (χ3n) is 8.86. The molecule has 9 heteroatoms. The number of fused-ring (bicyclic) bond motifs is 3. The van der Waals surface area contributed by atoms with Gasteiger partial charge in [0.05, 0.1) is 17.5 Å². The third kappa shape index (κ3) is 4.12. The van der Waals surface area contributed by atoms with E-state index < -0.39 is 58.4 Å². The Kier molecular flexibility index (Phi) is 6.31. The number of nitrogens with zero attached hydrogens (tertiary/aromatic N) is 1. The number of nitrogens with two attached hydrogens (primary N) is 1. The van der Waals surface area contributed by atoms with E-state index in [2.05, 4.69) is 17.4 Å². The minimum Gasteiger partial charge on any atom is -0.511 e. The molecule has 1 fully saturated rings. The summed E-state index contributed by atoms with van der Waals surface area (Å²) in [6, 6.07) is 11.2. The highest BCUT2D eigenvalue weighted by Gasteiger charge is 2.54. The Labute approximate surface area is 232 Å². The number of ketones is 2. The fraction of sp³-hybridized carbons (Fsp3) is 0.387. The highest BCUT2D eigenvalue weighted by molar-refractivity contribution is 6.22. The highest BCUT2D eigenvalue weighted by atomic mass is 16.3. The van der Waals surface area contributed by atoms with Crippen LogP contribution < -0.4 is 11.1 Å². The van der Waals surface area contributed by atoms with Crippen molar-refractivity contribution in [2.24, 2.45) is 23.5 Å². The third-order valence-corrected chi connectivity index (χ3v) is 8.86. The summed E-state index contributed by atoms with van der Waals surface area (Å²) in [5.74, 6) is -5.60. The number of primary amides is 1. The van der Waals surface area contributed by atoms with Crippen LogP contribution in [0.4, 0.5) is 0 Å². The number of aliphatic hydroxyl groups excluding tert-OH is 2. The Balaban J connectivity index is 1.44. The first-order valence-electron chi connectivity index (χ1n) is 13.7. The maximum Gasteiger partial charge on any atom is 0.255 e. The Morgan fingerprint density at radius 2 is 1.82 bits per heavy atom. The van der Waals surface area contributed by atoms with Gasteiger partial charge in [0.1, 0.15) is 22.8 Å². The maximum absolute atomic E-state index is 13.9. The van der Waals surface area contributed by atoms with Gasteiger partial charge in [-0.15, -0.1) is 0 Å². The molecule has 0 spiro atoms. The molecule has 6 rings (SSSR count). The van der Waals surface area contributed by atoms with Gasteiger partial charge in [0.2, 0.25) is 0 Å². The van der Waals surface area contributed by atoms with Crippen molar-refractivity contribution in [2.75, 3.05) is 14.1 Å². The van der Waals surface area contributed by atoms with Gasteiger partial charge in [-0.2, -0.15) is 0 Å². The predicted octanol–water partition coefficient (Wildman–Crippen LogP) is 2.92. The summed E-state index contributed by atoms with van der Waals surface area (Å²) < 4.78 is 0. The molecule has 4 aliphatic carbocycles. The van der Waals surface area contributed by atoms with E-state index in [0.29, 0.717) is 24.4 Å². The Morgan fingerprint density at radius 3 is 2.50 bits per heavy atom. The minimum absolute atomic E-state index is 0.0830. The first-order valence-corrected chi connectivity index (χ1v) is 13.7. The monoisotopic (exact) mass is 543 g/mol. The molecule has 4 aliphatic rings. The molecule has 3 unspecified atom stereocenters. The van der Waals surface area contributed by atoms with E-state index in [1.54, 1.807) is 19.0 Å². The first kappa shape index (κ1) is 26.3. The number of aromatic hydroxyl groups is 1. The van der Waals surface area contributed by atoms with Crippen molar-refractivity contribution in [1.82, 2.24) is 10.2 Å². The number of aliphatic hydroxyl groups is 2. The van der Waals surface area contributed by atoms with Crippen molar-refractivity contribution in [3.05, 3.63) is 75.8 Å². The van der Waals surface area contributed by atoms with Crippen LogP contribution in [0, 0.1) is 17.8 Å². The van der Waals surface area contributed by atoms with Crippen molar-refractivity contribution >= 4 is 17.5 Å². The molecule has 4 atom stereocenters. The molecule has 6 N–H and O–H groups in total. The Bertz CT molecular complexity index is 1520. The summed E-state index contributed by atoms with van der Waals surface area (Å²) >= 11 is 0. The fourth-order valence-corrected chi connectivity index (χ4v) is 6.94. The zero-order valence-electron chi connectivity index (χ0n) is 22.5. The quantitative estimate of drug-likeness (QED) is 0.349. The zero-order chi connectivity index (χ0) is 28.5. The number of phenolic OH excluding ortho intramolecular Hbond substituents is 1. The average Bonchev–Trinajstić information content (AvgIpc) is 3.71.